The number of aromatic nitrogens is 1. The van der Waals surface area contributed by atoms with Gasteiger partial charge < -0.3 is 4.42 Å². The van der Waals surface area contributed by atoms with Gasteiger partial charge in [0.1, 0.15) is 5.52 Å². The lowest BCUT2D eigenvalue weighted by atomic mass is 9.84. The van der Waals surface area contributed by atoms with Crippen LogP contribution in [0, 0.1) is 0 Å². The lowest BCUT2D eigenvalue weighted by Crippen LogP contribution is -2.12. The number of hydrogen-bond acceptors (Lipinski definition) is 2. The molecular formula is C17H17NO. The van der Waals surface area contributed by atoms with Gasteiger partial charge in [0.05, 0.1) is 0 Å². The van der Waals surface area contributed by atoms with E-state index in [4.69, 9.17) is 4.42 Å². The Bertz CT molecular complexity index is 686. The normalized spacial score (nSPS) is 11.9. The van der Waals surface area contributed by atoms with E-state index in [2.05, 4.69) is 44.0 Å². The maximum atomic E-state index is 5.88. The van der Waals surface area contributed by atoms with Gasteiger partial charge in [-0.05, 0) is 29.2 Å². The van der Waals surface area contributed by atoms with Crippen LogP contribution in [0.15, 0.2) is 52.9 Å². The minimum absolute atomic E-state index is 0.0667. The lowest BCUT2D eigenvalue weighted by Gasteiger charge is -2.21. The van der Waals surface area contributed by atoms with Crippen LogP contribution in [0.1, 0.15) is 26.3 Å². The maximum absolute atomic E-state index is 5.88. The average Bonchev–Trinajstić information content (AvgIpc) is 2.81. The van der Waals surface area contributed by atoms with E-state index in [1.165, 1.54) is 5.56 Å². The van der Waals surface area contributed by atoms with Crippen molar-refractivity contribution < 1.29 is 4.42 Å². The number of nitrogens with zero attached hydrogens (tertiary/aromatic N) is 1. The van der Waals surface area contributed by atoms with Crippen LogP contribution >= 0.6 is 0 Å². The van der Waals surface area contributed by atoms with E-state index in [1.807, 2.05) is 30.3 Å². The van der Waals surface area contributed by atoms with Gasteiger partial charge in [-0.25, -0.2) is 4.98 Å². The van der Waals surface area contributed by atoms with Gasteiger partial charge in [0, 0.05) is 5.56 Å². The van der Waals surface area contributed by atoms with Crippen LogP contribution in [0.5, 0.6) is 0 Å². The standard InChI is InChI=1S/C17H17NO/c1-17(2,3)13-9-5-4-8-12(13)16-18-14-10-6-7-11-15(14)19-16/h4-11H,1-3H3. The fourth-order valence-corrected chi connectivity index (χ4v) is 2.31. The highest BCUT2D eigenvalue weighted by Gasteiger charge is 2.20. The Labute approximate surface area is 113 Å². The van der Waals surface area contributed by atoms with E-state index >= 15 is 0 Å². The van der Waals surface area contributed by atoms with Crippen LogP contribution in [0.2, 0.25) is 0 Å². The van der Waals surface area contributed by atoms with E-state index < -0.39 is 0 Å². The molecule has 3 rings (SSSR count). The van der Waals surface area contributed by atoms with Crippen molar-refractivity contribution >= 4 is 11.1 Å². The van der Waals surface area contributed by atoms with Gasteiger partial charge in [0.2, 0.25) is 5.89 Å². The van der Waals surface area contributed by atoms with Gasteiger partial charge in [0.15, 0.2) is 5.58 Å². The largest absolute Gasteiger partial charge is 0.436 e. The molecule has 0 saturated heterocycles. The van der Waals surface area contributed by atoms with Crippen molar-refractivity contribution in [1.82, 2.24) is 4.98 Å². The summed E-state index contributed by atoms with van der Waals surface area (Å²) < 4.78 is 5.88. The van der Waals surface area contributed by atoms with Gasteiger partial charge >= 0.3 is 0 Å². The Morgan fingerprint density at radius 1 is 0.895 bits per heavy atom. The first kappa shape index (κ1) is 12.0. The van der Waals surface area contributed by atoms with Gasteiger partial charge in [-0.3, -0.25) is 0 Å². The molecule has 19 heavy (non-hydrogen) atoms. The molecule has 1 heterocycles. The average molecular weight is 251 g/mol. The number of benzene rings is 2. The molecule has 0 amide bonds. The van der Waals surface area contributed by atoms with Crippen molar-refractivity contribution in [3.05, 3.63) is 54.1 Å². The third-order valence-electron chi connectivity index (χ3n) is 3.26. The Morgan fingerprint density at radius 2 is 1.58 bits per heavy atom. The van der Waals surface area contributed by atoms with Crippen molar-refractivity contribution in [1.29, 1.82) is 0 Å². The van der Waals surface area contributed by atoms with E-state index in [-0.39, 0.29) is 5.41 Å². The first-order valence-corrected chi connectivity index (χ1v) is 6.51. The van der Waals surface area contributed by atoms with Crippen LogP contribution in [0.4, 0.5) is 0 Å². The molecule has 0 N–H and O–H groups in total. The van der Waals surface area contributed by atoms with Crippen LogP contribution in [0.25, 0.3) is 22.6 Å². The quantitative estimate of drug-likeness (QED) is 0.621. The van der Waals surface area contributed by atoms with Crippen molar-refractivity contribution in [3.8, 4) is 11.5 Å². The zero-order valence-corrected chi connectivity index (χ0v) is 11.5. The van der Waals surface area contributed by atoms with Crippen LogP contribution in [0.3, 0.4) is 0 Å². The molecule has 2 nitrogen and oxygen atoms in total. The highest BCUT2D eigenvalue weighted by molar-refractivity contribution is 5.76. The second-order valence-electron chi connectivity index (χ2n) is 5.78. The third kappa shape index (κ3) is 2.14. The number of oxazole rings is 1. The molecule has 0 atom stereocenters. The Balaban J connectivity index is 2.22. The molecule has 3 aromatic rings. The number of fused-ring (bicyclic) bond motifs is 1. The molecule has 2 heteroatoms. The minimum Gasteiger partial charge on any atom is -0.436 e. The second-order valence-corrected chi connectivity index (χ2v) is 5.78. The number of para-hydroxylation sites is 2. The summed E-state index contributed by atoms with van der Waals surface area (Å²) >= 11 is 0. The van der Waals surface area contributed by atoms with Crippen molar-refractivity contribution in [2.75, 3.05) is 0 Å². The molecule has 0 fully saturated rings. The first-order chi connectivity index (χ1) is 9.05. The van der Waals surface area contributed by atoms with E-state index in [0.717, 1.165) is 16.7 Å². The molecule has 1 aromatic heterocycles. The molecule has 0 aliphatic heterocycles. The van der Waals surface area contributed by atoms with Crippen LogP contribution < -0.4 is 0 Å². The number of hydrogen-bond donors (Lipinski definition) is 0. The summed E-state index contributed by atoms with van der Waals surface area (Å²) in [6.45, 7) is 6.61. The third-order valence-corrected chi connectivity index (χ3v) is 3.26. The molecule has 0 saturated carbocycles. The van der Waals surface area contributed by atoms with Crippen LogP contribution in [-0.4, -0.2) is 4.98 Å². The highest BCUT2D eigenvalue weighted by Crippen LogP contribution is 2.33. The summed E-state index contributed by atoms with van der Waals surface area (Å²) in [5, 5.41) is 0. The summed E-state index contributed by atoms with van der Waals surface area (Å²) in [5.41, 5.74) is 4.13. The fourth-order valence-electron chi connectivity index (χ4n) is 2.31. The molecule has 0 unspecified atom stereocenters. The molecule has 2 aromatic carbocycles. The fraction of sp³-hybridized carbons (Fsp3) is 0.235. The maximum Gasteiger partial charge on any atom is 0.227 e. The Morgan fingerprint density at radius 3 is 2.32 bits per heavy atom. The Hall–Kier alpha value is -2.09. The summed E-state index contributed by atoms with van der Waals surface area (Å²) in [6, 6.07) is 16.2. The molecular weight excluding hydrogens is 234 g/mol. The molecule has 0 radical (unpaired) electrons. The smallest absolute Gasteiger partial charge is 0.227 e. The molecule has 0 aliphatic carbocycles. The predicted molar refractivity (Wildman–Crippen MR) is 78.1 cm³/mol. The van der Waals surface area contributed by atoms with Gasteiger partial charge in [-0.15, -0.1) is 0 Å². The zero-order chi connectivity index (χ0) is 13.5. The molecule has 0 bridgehead atoms. The van der Waals surface area contributed by atoms with Crippen molar-refractivity contribution in [2.24, 2.45) is 0 Å². The van der Waals surface area contributed by atoms with Crippen molar-refractivity contribution in [3.63, 3.8) is 0 Å². The number of rotatable bonds is 1. The molecule has 0 spiro atoms. The van der Waals surface area contributed by atoms with Gasteiger partial charge in [0.25, 0.3) is 0 Å². The van der Waals surface area contributed by atoms with Crippen LogP contribution in [-0.2, 0) is 5.41 Å². The minimum atomic E-state index is 0.0667. The monoisotopic (exact) mass is 251 g/mol. The Kier molecular flexibility index (Phi) is 2.67. The van der Waals surface area contributed by atoms with E-state index in [1.54, 1.807) is 0 Å². The summed E-state index contributed by atoms with van der Waals surface area (Å²) in [7, 11) is 0. The topological polar surface area (TPSA) is 26.0 Å². The predicted octanol–water partition coefficient (Wildman–Crippen LogP) is 4.79. The van der Waals surface area contributed by atoms with Gasteiger partial charge in [-0.1, -0.05) is 51.1 Å². The summed E-state index contributed by atoms with van der Waals surface area (Å²) in [4.78, 5) is 4.59. The zero-order valence-electron chi connectivity index (χ0n) is 11.5. The highest BCUT2D eigenvalue weighted by atomic mass is 16.3. The van der Waals surface area contributed by atoms with E-state index in [9.17, 15) is 0 Å². The van der Waals surface area contributed by atoms with Crippen molar-refractivity contribution in [2.45, 2.75) is 26.2 Å². The second kappa shape index (κ2) is 4.23. The first-order valence-electron chi connectivity index (χ1n) is 6.51. The molecule has 0 aliphatic rings. The van der Waals surface area contributed by atoms with Gasteiger partial charge in [-0.2, -0.15) is 0 Å². The SMILES string of the molecule is CC(C)(C)c1ccccc1-c1nc2ccccc2o1. The summed E-state index contributed by atoms with van der Waals surface area (Å²) in [5.74, 6) is 0.701. The lowest BCUT2D eigenvalue weighted by molar-refractivity contribution is 0.579. The van der Waals surface area contributed by atoms with E-state index in [0.29, 0.717) is 5.89 Å². The molecule has 96 valence electrons. The summed E-state index contributed by atoms with van der Waals surface area (Å²) in [6.07, 6.45) is 0.